The van der Waals surface area contributed by atoms with Crippen molar-refractivity contribution in [3.63, 3.8) is 0 Å². The molecule has 0 saturated heterocycles. The first-order valence-electron chi connectivity index (χ1n) is 9.92. The Morgan fingerprint density at radius 3 is 2.34 bits per heavy atom. The molecule has 2 heterocycles. The Kier molecular flexibility index (Phi) is 6.16. The number of nitrogens with zero attached hydrogens (tertiary/aromatic N) is 1. The maximum atomic E-state index is 13.9. The lowest BCUT2D eigenvalue weighted by molar-refractivity contribution is -0.137. The fraction of sp³-hybridized carbons (Fsp3) is 0.0833. The Balaban J connectivity index is 1.71. The van der Waals surface area contributed by atoms with Crippen molar-refractivity contribution in [1.29, 1.82) is 0 Å². The van der Waals surface area contributed by atoms with Crippen LogP contribution < -0.4 is 10.1 Å². The number of ether oxygens (including phenoxy) is 2. The highest BCUT2D eigenvalue weighted by molar-refractivity contribution is 6.04. The van der Waals surface area contributed by atoms with Crippen LogP contribution in [0.15, 0.2) is 66.9 Å². The van der Waals surface area contributed by atoms with Crippen LogP contribution >= 0.6 is 0 Å². The molecule has 0 atom stereocenters. The largest absolute Gasteiger partial charge is 0.513 e. The first kappa shape index (κ1) is 23.7. The number of carbonyl (C=O) groups is 2. The van der Waals surface area contributed by atoms with E-state index in [-0.39, 0.29) is 28.2 Å². The van der Waals surface area contributed by atoms with Crippen molar-refractivity contribution in [2.24, 2.45) is 0 Å². The molecule has 2 aromatic heterocycles. The van der Waals surface area contributed by atoms with E-state index in [0.717, 1.165) is 25.3 Å². The van der Waals surface area contributed by atoms with Gasteiger partial charge >= 0.3 is 12.3 Å². The summed E-state index contributed by atoms with van der Waals surface area (Å²) < 4.78 is 79.2. The number of alkyl halides is 3. The zero-order valence-corrected chi connectivity index (χ0v) is 17.8. The van der Waals surface area contributed by atoms with Crippen LogP contribution in [0, 0.1) is 11.6 Å². The number of fused-ring (bicyclic) bond motifs is 1. The van der Waals surface area contributed by atoms with Crippen molar-refractivity contribution in [1.82, 2.24) is 4.40 Å². The van der Waals surface area contributed by atoms with Crippen LogP contribution in [0.5, 0.6) is 5.75 Å². The number of hydrogen-bond acceptors (Lipinski definition) is 4. The summed E-state index contributed by atoms with van der Waals surface area (Å²) in [5.41, 5.74) is -1.25. The van der Waals surface area contributed by atoms with E-state index < -0.39 is 41.0 Å². The number of carbonyl (C=O) groups excluding carboxylic acids is 2. The summed E-state index contributed by atoms with van der Waals surface area (Å²) in [5, 5.41) is 2.37. The van der Waals surface area contributed by atoms with E-state index in [0.29, 0.717) is 0 Å². The van der Waals surface area contributed by atoms with Gasteiger partial charge in [-0.25, -0.2) is 13.6 Å². The first-order valence-corrected chi connectivity index (χ1v) is 9.92. The summed E-state index contributed by atoms with van der Waals surface area (Å²) in [7, 11) is 1.09. The number of pyridine rings is 1. The van der Waals surface area contributed by atoms with Crippen molar-refractivity contribution in [3.05, 3.63) is 89.6 Å². The molecular formula is C24H15F5N2O4. The van der Waals surface area contributed by atoms with Gasteiger partial charge in [0.25, 0.3) is 5.91 Å². The van der Waals surface area contributed by atoms with Gasteiger partial charge < -0.3 is 19.2 Å². The number of methoxy groups -OCH3 is 1. The van der Waals surface area contributed by atoms with Crippen molar-refractivity contribution in [2.75, 3.05) is 12.4 Å². The van der Waals surface area contributed by atoms with Crippen LogP contribution in [0.3, 0.4) is 0 Å². The Labute approximate surface area is 194 Å². The molecule has 180 valence electrons. The molecular weight excluding hydrogens is 475 g/mol. The zero-order chi connectivity index (χ0) is 25.3. The maximum absolute atomic E-state index is 13.9. The number of hydrogen-bond donors (Lipinski definition) is 1. The molecule has 6 nitrogen and oxygen atoms in total. The topological polar surface area (TPSA) is 69.0 Å². The Hall–Kier alpha value is -4.41. The SMILES string of the molecule is COC(=O)Oc1ccc2cc(C(F)(F)F)c(-c3ccc(NC(=O)c4cccc(F)c4F)cc3)n2c1. The predicted molar refractivity (Wildman–Crippen MR) is 115 cm³/mol. The molecule has 2 aromatic carbocycles. The molecule has 1 N–H and O–H groups in total. The van der Waals surface area contributed by atoms with Gasteiger partial charge in [0.1, 0.15) is 0 Å². The van der Waals surface area contributed by atoms with E-state index in [9.17, 15) is 31.5 Å². The quantitative estimate of drug-likeness (QED) is 0.269. The normalized spacial score (nSPS) is 11.4. The fourth-order valence-corrected chi connectivity index (χ4v) is 3.45. The third-order valence-corrected chi connectivity index (χ3v) is 5.03. The Bertz CT molecular complexity index is 1430. The van der Waals surface area contributed by atoms with Crippen LogP contribution in [0.4, 0.5) is 32.4 Å². The average Bonchev–Trinajstić information content (AvgIpc) is 3.20. The predicted octanol–water partition coefficient (Wildman–Crippen LogP) is 6.30. The van der Waals surface area contributed by atoms with E-state index in [1.54, 1.807) is 0 Å². The molecule has 0 spiro atoms. The minimum absolute atomic E-state index is 0.0454. The molecule has 4 aromatic rings. The smallest absolute Gasteiger partial charge is 0.437 e. The third kappa shape index (κ3) is 4.79. The van der Waals surface area contributed by atoms with Crippen LogP contribution in [0.25, 0.3) is 16.8 Å². The maximum Gasteiger partial charge on any atom is 0.513 e. The molecule has 0 radical (unpaired) electrons. The molecule has 0 aliphatic carbocycles. The van der Waals surface area contributed by atoms with Gasteiger partial charge in [0.2, 0.25) is 0 Å². The van der Waals surface area contributed by atoms with E-state index >= 15 is 0 Å². The molecule has 0 aliphatic rings. The molecule has 0 bridgehead atoms. The lowest BCUT2D eigenvalue weighted by Gasteiger charge is -2.12. The number of benzene rings is 2. The average molecular weight is 490 g/mol. The summed E-state index contributed by atoms with van der Waals surface area (Å²) in [6.07, 6.45) is -4.53. The fourth-order valence-electron chi connectivity index (χ4n) is 3.45. The zero-order valence-electron chi connectivity index (χ0n) is 17.8. The number of nitrogens with one attached hydrogen (secondary N) is 1. The van der Waals surface area contributed by atoms with Crippen LogP contribution in [0.2, 0.25) is 0 Å². The van der Waals surface area contributed by atoms with Crippen molar-refractivity contribution < 1.29 is 41.0 Å². The highest BCUT2D eigenvalue weighted by Gasteiger charge is 2.36. The second kappa shape index (κ2) is 9.09. The molecule has 0 unspecified atom stereocenters. The van der Waals surface area contributed by atoms with E-state index in [2.05, 4.69) is 10.1 Å². The van der Waals surface area contributed by atoms with Crippen LogP contribution in [-0.4, -0.2) is 23.6 Å². The molecule has 4 rings (SSSR count). The molecule has 11 heteroatoms. The lowest BCUT2D eigenvalue weighted by Crippen LogP contribution is -2.14. The first-order chi connectivity index (χ1) is 16.6. The summed E-state index contributed by atoms with van der Waals surface area (Å²) in [4.78, 5) is 23.7. The van der Waals surface area contributed by atoms with Crippen LogP contribution in [0.1, 0.15) is 15.9 Å². The summed E-state index contributed by atoms with van der Waals surface area (Å²) in [6.45, 7) is 0. The highest BCUT2D eigenvalue weighted by atomic mass is 19.4. The molecule has 1 amide bonds. The minimum Gasteiger partial charge on any atom is -0.437 e. The van der Waals surface area contributed by atoms with E-state index in [1.807, 2.05) is 0 Å². The summed E-state index contributed by atoms with van der Waals surface area (Å²) >= 11 is 0. The van der Waals surface area contributed by atoms with E-state index in [4.69, 9.17) is 4.74 Å². The van der Waals surface area contributed by atoms with Gasteiger partial charge in [0.05, 0.1) is 30.1 Å². The monoisotopic (exact) mass is 490 g/mol. The number of anilines is 1. The summed E-state index contributed by atoms with van der Waals surface area (Å²) in [6, 6.07) is 12.0. The number of aromatic nitrogens is 1. The number of halogens is 5. The van der Waals surface area contributed by atoms with Crippen molar-refractivity contribution in [3.8, 4) is 17.0 Å². The molecule has 0 saturated carbocycles. The number of amides is 1. The van der Waals surface area contributed by atoms with Gasteiger partial charge in [-0.2, -0.15) is 13.2 Å². The minimum atomic E-state index is -4.70. The molecule has 0 fully saturated rings. The second-order valence-electron chi connectivity index (χ2n) is 7.25. The molecule has 0 aliphatic heterocycles. The van der Waals surface area contributed by atoms with Crippen molar-refractivity contribution in [2.45, 2.75) is 6.18 Å². The van der Waals surface area contributed by atoms with Gasteiger partial charge in [0, 0.05) is 11.2 Å². The third-order valence-electron chi connectivity index (χ3n) is 5.03. The standard InChI is InChI=1S/C24H15F5N2O4/c1-34-23(33)35-16-10-9-15-11-18(24(27,28)29)21(31(15)12-16)13-5-7-14(8-6-13)30-22(32)17-3-2-4-19(25)20(17)26/h2-12H,1H3,(H,30,32). The van der Waals surface area contributed by atoms with Gasteiger partial charge in [-0.3, -0.25) is 4.79 Å². The van der Waals surface area contributed by atoms with Crippen LogP contribution in [-0.2, 0) is 10.9 Å². The summed E-state index contributed by atoms with van der Waals surface area (Å²) in [5.74, 6) is -3.48. The van der Waals surface area contributed by atoms with Crippen molar-refractivity contribution >= 4 is 23.3 Å². The Morgan fingerprint density at radius 2 is 1.69 bits per heavy atom. The highest BCUT2D eigenvalue weighted by Crippen LogP contribution is 2.40. The molecule has 35 heavy (non-hydrogen) atoms. The Morgan fingerprint density at radius 1 is 0.971 bits per heavy atom. The van der Waals surface area contributed by atoms with Gasteiger partial charge in [-0.15, -0.1) is 0 Å². The van der Waals surface area contributed by atoms with Gasteiger partial charge in [-0.05, 0) is 48.0 Å². The van der Waals surface area contributed by atoms with Gasteiger partial charge in [0.15, 0.2) is 17.4 Å². The van der Waals surface area contributed by atoms with E-state index in [1.165, 1.54) is 53.1 Å². The van der Waals surface area contributed by atoms with Gasteiger partial charge in [-0.1, -0.05) is 18.2 Å². The second-order valence-corrected chi connectivity index (χ2v) is 7.25. The number of rotatable bonds is 4. The lowest BCUT2D eigenvalue weighted by atomic mass is 10.1.